The van der Waals surface area contributed by atoms with Gasteiger partial charge < -0.3 is 19.4 Å². The van der Waals surface area contributed by atoms with Crippen LogP contribution in [0.1, 0.15) is 39.0 Å². The largest absolute Gasteiger partial charge is 0.477 e. The highest BCUT2D eigenvalue weighted by molar-refractivity contribution is 6.02. The first-order chi connectivity index (χ1) is 22.4. The average molecular weight is 657 g/mol. The summed E-state index contributed by atoms with van der Waals surface area (Å²) in [6.45, 7) is 3.89. The molecular weight excluding hydrogens is 626 g/mol. The molecule has 2 aromatic carbocycles. The van der Waals surface area contributed by atoms with Crippen LogP contribution < -0.4 is 14.5 Å². The number of benzene rings is 2. The molecule has 0 radical (unpaired) electrons. The molecular formula is C33H30F6N6O2. The minimum atomic E-state index is -5.01. The van der Waals surface area contributed by atoms with Gasteiger partial charge in [0.15, 0.2) is 0 Å². The number of halogens is 6. The molecule has 4 heterocycles. The topological polar surface area (TPSA) is 74.7 Å². The Balaban J connectivity index is 1.38. The molecule has 1 amide bonds. The Hall–Kier alpha value is -4.88. The first-order valence-corrected chi connectivity index (χ1v) is 15.0. The zero-order chi connectivity index (χ0) is 33.3. The van der Waals surface area contributed by atoms with E-state index in [9.17, 15) is 31.1 Å². The number of aromatic nitrogens is 3. The Morgan fingerprint density at radius 3 is 2.11 bits per heavy atom. The molecule has 0 aliphatic carbocycles. The van der Waals surface area contributed by atoms with Gasteiger partial charge >= 0.3 is 12.4 Å². The zero-order valence-corrected chi connectivity index (χ0v) is 25.3. The van der Waals surface area contributed by atoms with Gasteiger partial charge in [-0.25, -0.2) is 9.97 Å². The van der Waals surface area contributed by atoms with E-state index in [1.165, 1.54) is 4.90 Å². The van der Waals surface area contributed by atoms with Gasteiger partial charge in [0.05, 0.1) is 23.4 Å². The molecule has 47 heavy (non-hydrogen) atoms. The SMILES string of the molecule is Cc1ccccc1-c1nc(N2CCN(c3ccccn3)CC2)nc2c1C(=O)N(Cc1cc(C(F)(F)F)cc(C(F)(F)F)c1)CCCO2. The molecule has 0 unspecified atom stereocenters. The standard InChI is InChI=1S/C33H30F6N6O2/c1-21-7-2-3-8-25(21)28-27-29(42-31(41-28)44-14-12-43(13-15-44)26-9-4-5-10-40-26)47-16-6-11-45(30(27)46)20-22-17-23(32(34,35)36)19-24(18-22)33(37,38)39/h2-5,7-10,17-19H,6,11-16,20H2,1H3. The van der Waals surface area contributed by atoms with Crippen molar-refractivity contribution in [3.63, 3.8) is 0 Å². The number of pyridine rings is 1. The number of rotatable bonds is 5. The van der Waals surface area contributed by atoms with Crippen molar-refractivity contribution >= 4 is 17.7 Å². The lowest BCUT2D eigenvalue weighted by Gasteiger charge is -2.36. The van der Waals surface area contributed by atoms with Gasteiger partial charge in [0.25, 0.3) is 5.91 Å². The Labute approximate surface area is 266 Å². The number of hydrogen-bond acceptors (Lipinski definition) is 7. The Morgan fingerprint density at radius 2 is 1.47 bits per heavy atom. The molecule has 1 saturated heterocycles. The summed E-state index contributed by atoms with van der Waals surface area (Å²) in [5, 5.41) is 0. The third-order valence-corrected chi connectivity index (χ3v) is 8.13. The second-order valence-corrected chi connectivity index (χ2v) is 11.4. The maximum atomic E-state index is 14.2. The highest BCUT2D eigenvalue weighted by Gasteiger charge is 2.38. The van der Waals surface area contributed by atoms with E-state index in [-0.39, 0.29) is 48.3 Å². The molecule has 8 nitrogen and oxygen atoms in total. The molecule has 246 valence electrons. The maximum absolute atomic E-state index is 14.2. The van der Waals surface area contributed by atoms with Crippen molar-refractivity contribution < 1.29 is 35.9 Å². The van der Waals surface area contributed by atoms with Crippen molar-refractivity contribution in [1.29, 1.82) is 0 Å². The average Bonchev–Trinajstić information content (AvgIpc) is 3.04. The molecule has 0 N–H and O–H groups in total. The second-order valence-electron chi connectivity index (χ2n) is 11.4. The summed E-state index contributed by atoms with van der Waals surface area (Å²) in [5.41, 5.74) is -1.50. The lowest BCUT2D eigenvalue weighted by Crippen LogP contribution is -2.47. The fourth-order valence-corrected chi connectivity index (χ4v) is 5.74. The van der Waals surface area contributed by atoms with Crippen LogP contribution in [0.4, 0.5) is 38.1 Å². The van der Waals surface area contributed by atoms with E-state index in [0.29, 0.717) is 49.8 Å². The van der Waals surface area contributed by atoms with E-state index in [0.717, 1.165) is 11.4 Å². The van der Waals surface area contributed by atoms with Crippen molar-refractivity contribution in [2.75, 3.05) is 49.1 Å². The number of carbonyl (C=O) groups excluding carboxylic acids is 1. The number of hydrogen-bond donors (Lipinski definition) is 0. The van der Waals surface area contributed by atoms with E-state index >= 15 is 0 Å². The number of aryl methyl sites for hydroxylation is 1. The first-order valence-electron chi connectivity index (χ1n) is 15.0. The molecule has 1 fully saturated rings. The van der Waals surface area contributed by atoms with Gasteiger partial charge in [-0.2, -0.15) is 31.3 Å². The summed E-state index contributed by atoms with van der Waals surface area (Å²) in [5.74, 6) is 0.546. The van der Waals surface area contributed by atoms with Crippen LogP contribution in [0.3, 0.4) is 0 Å². The number of ether oxygens (including phenoxy) is 1. The molecule has 2 aliphatic rings. The van der Waals surface area contributed by atoms with E-state index in [1.54, 1.807) is 18.3 Å². The van der Waals surface area contributed by atoms with Gasteiger partial charge in [0.2, 0.25) is 11.8 Å². The van der Waals surface area contributed by atoms with Gasteiger partial charge in [-0.15, -0.1) is 0 Å². The summed E-state index contributed by atoms with van der Waals surface area (Å²) < 4.78 is 87.6. The Bertz CT molecular complexity index is 1720. The van der Waals surface area contributed by atoms with Crippen LogP contribution in [0.2, 0.25) is 0 Å². The molecule has 4 aromatic rings. The van der Waals surface area contributed by atoms with Crippen molar-refractivity contribution in [2.45, 2.75) is 32.2 Å². The Kier molecular flexibility index (Phi) is 8.68. The molecule has 0 atom stereocenters. The lowest BCUT2D eigenvalue weighted by molar-refractivity contribution is -0.143. The van der Waals surface area contributed by atoms with Crippen LogP contribution in [-0.2, 0) is 18.9 Å². The van der Waals surface area contributed by atoms with Crippen LogP contribution in [0.5, 0.6) is 5.88 Å². The fourth-order valence-electron chi connectivity index (χ4n) is 5.74. The second kappa shape index (κ2) is 12.7. The van der Waals surface area contributed by atoms with Crippen LogP contribution in [-0.4, -0.2) is 65.1 Å². The zero-order valence-electron chi connectivity index (χ0n) is 25.3. The van der Waals surface area contributed by atoms with Crippen molar-refractivity contribution in [3.05, 3.63) is 94.7 Å². The first kappa shape index (κ1) is 32.1. The molecule has 2 aliphatic heterocycles. The van der Waals surface area contributed by atoms with Gasteiger partial charge in [0, 0.05) is 51.0 Å². The molecule has 0 bridgehead atoms. The number of carbonyl (C=O) groups is 1. The van der Waals surface area contributed by atoms with Crippen LogP contribution >= 0.6 is 0 Å². The summed E-state index contributed by atoms with van der Waals surface area (Å²) in [7, 11) is 0. The Morgan fingerprint density at radius 1 is 0.809 bits per heavy atom. The number of alkyl halides is 6. The minimum Gasteiger partial charge on any atom is -0.477 e. The molecule has 2 aromatic heterocycles. The van der Waals surface area contributed by atoms with Crippen LogP contribution in [0, 0.1) is 6.92 Å². The van der Waals surface area contributed by atoms with Gasteiger partial charge in [-0.05, 0) is 54.8 Å². The number of fused-ring (bicyclic) bond motifs is 1. The third kappa shape index (κ3) is 6.96. The smallest absolute Gasteiger partial charge is 0.416 e. The quantitative estimate of drug-likeness (QED) is 0.223. The minimum absolute atomic E-state index is 0.00195. The number of piperazine rings is 1. The van der Waals surface area contributed by atoms with Crippen molar-refractivity contribution in [2.24, 2.45) is 0 Å². The summed E-state index contributed by atoms with van der Waals surface area (Å²) in [6.07, 6.45) is -8.02. The summed E-state index contributed by atoms with van der Waals surface area (Å²) in [6, 6.07) is 14.3. The molecule has 6 rings (SSSR count). The van der Waals surface area contributed by atoms with Crippen molar-refractivity contribution in [1.82, 2.24) is 19.9 Å². The van der Waals surface area contributed by atoms with Crippen molar-refractivity contribution in [3.8, 4) is 17.1 Å². The monoisotopic (exact) mass is 656 g/mol. The normalized spacial score (nSPS) is 16.0. The van der Waals surface area contributed by atoms with E-state index in [4.69, 9.17) is 9.72 Å². The highest BCUT2D eigenvalue weighted by atomic mass is 19.4. The van der Waals surface area contributed by atoms with Gasteiger partial charge in [-0.1, -0.05) is 30.3 Å². The number of nitrogens with zero attached hydrogens (tertiary/aromatic N) is 6. The van der Waals surface area contributed by atoms with Gasteiger partial charge in [-0.3, -0.25) is 4.79 Å². The van der Waals surface area contributed by atoms with E-state index in [2.05, 4.69) is 14.9 Å². The molecule has 0 spiro atoms. The predicted octanol–water partition coefficient (Wildman–Crippen LogP) is 6.64. The summed E-state index contributed by atoms with van der Waals surface area (Å²) in [4.78, 5) is 33.5. The fraction of sp³-hybridized carbons (Fsp3) is 0.333. The number of amides is 1. The lowest BCUT2D eigenvalue weighted by atomic mass is 10.00. The maximum Gasteiger partial charge on any atom is 0.416 e. The van der Waals surface area contributed by atoms with Crippen LogP contribution in [0.15, 0.2) is 66.9 Å². The number of anilines is 2. The highest BCUT2D eigenvalue weighted by Crippen LogP contribution is 2.38. The van der Waals surface area contributed by atoms with Gasteiger partial charge in [0.1, 0.15) is 11.4 Å². The molecule has 0 saturated carbocycles. The predicted molar refractivity (Wildman–Crippen MR) is 162 cm³/mol. The molecule has 14 heteroatoms. The van der Waals surface area contributed by atoms with E-state index in [1.807, 2.05) is 42.2 Å². The third-order valence-electron chi connectivity index (χ3n) is 8.13. The van der Waals surface area contributed by atoms with E-state index < -0.39 is 35.9 Å². The van der Waals surface area contributed by atoms with Crippen LogP contribution in [0.25, 0.3) is 11.3 Å². The summed E-state index contributed by atoms with van der Waals surface area (Å²) >= 11 is 0.